The van der Waals surface area contributed by atoms with Crippen LogP contribution in [0.3, 0.4) is 0 Å². The molecule has 2 unspecified atom stereocenters. The van der Waals surface area contributed by atoms with Crippen molar-refractivity contribution in [3.63, 3.8) is 0 Å². The van der Waals surface area contributed by atoms with Gasteiger partial charge in [0.25, 0.3) is 0 Å². The van der Waals surface area contributed by atoms with Gasteiger partial charge >= 0.3 is 0 Å². The second-order valence-electron chi connectivity index (χ2n) is 4.15. The fourth-order valence-electron chi connectivity index (χ4n) is 1.82. The molecule has 0 aliphatic heterocycles. The zero-order valence-electron chi connectivity index (χ0n) is 9.85. The van der Waals surface area contributed by atoms with Crippen LogP contribution in [0.15, 0.2) is 47.1 Å². The van der Waals surface area contributed by atoms with Gasteiger partial charge in [0.2, 0.25) is 0 Å². The van der Waals surface area contributed by atoms with Crippen LogP contribution in [-0.2, 0) is 0 Å². The number of nitrogens with zero attached hydrogens (tertiary/aromatic N) is 1. The van der Waals surface area contributed by atoms with Gasteiger partial charge in [-0.1, -0.05) is 28.9 Å². The largest absolute Gasteiger partial charge is 0.388 e. The molecule has 2 nitrogen and oxygen atoms in total. The van der Waals surface area contributed by atoms with Gasteiger partial charge in [-0.2, -0.15) is 0 Å². The minimum Gasteiger partial charge on any atom is -0.388 e. The summed E-state index contributed by atoms with van der Waals surface area (Å²) in [6, 6.07) is 10.0. The molecule has 0 aliphatic carbocycles. The predicted molar refractivity (Wildman–Crippen MR) is 71.7 cm³/mol. The smallest absolute Gasteiger partial charge is 0.129 e. The van der Waals surface area contributed by atoms with Gasteiger partial charge in [0.15, 0.2) is 0 Å². The molecule has 0 spiro atoms. The van der Waals surface area contributed by atoms with Gasteiger partial charge in [0.05, 0.1) is 6.10 Å². The monoisotopic (exact) mass is 309 g/mol. The average molecular weight is 310 g/mol. The van der Waals surface area contributed by atoms with Crippen LogP contribution in [-0.4, -0.2) is 10.1 Å². The van der Waals surface area contributed by atoms with E-state index in [9.17, 15) is 9.50 Å². The lowest BCUT2D eigenvalue weighted by Crippen LogP contribution is -2.10. The summed E-state index contributed by atoms with van der Waals surface area (Å²) in [6.07, 6.45) is 0.743. The minimum atomic E-state index is -0.919. The van der Waals surface area contributed by atoms with E-state index >= 15 is 0 Å². The number of pyridine rings is 1. The van der Waals surface area contributed by atoms with Crippen LogP contribution in [0.25, 0.3) is 0 Å². The first-order chi connectivity index (χ1) is 8.59. The van der Waals surface area contributed by atoms with Crippen molar-refractivity contribution in [2.24, 2.45) is 0 Å². The molecule has 94 valence electrons. The quantitative estimate of drug-likeness (QED) is 0.935. The Morgan fingerprint density at radius 1 is 1.28 bits per heavy atom. The van der Waals surface area contributed by atoms with Crippen molar-refractivity contribution < 1.29 is 9.50 Å². The van der Waals surface area contributed by atoms with E-state index in [0.29, 0.717) is 0 Å². The van der Waals surface area contributed by atoms with Gasteiger partial charge in [-0.15, -0.1) is 0 Å². The number of hydrogen-bond donors (Lipinski definition) is 1. The maximum absolute atomic E-state index is 13.7. The van der Waals surface area contributed by atoms with Crippen molar-refractivity contribution in [3.05, 3.63) is 64.1 Å². The number of hydrogen-bond acceptors (Lipinski definition) is 2. The molecule has 2 aromatic rings. The third kappa shape index (κ3) is 2.76. The molecule has 0 fully saturated rings. The van der Waals surface area contributed by atoms with E-state index < -0.39 is 11.9 Å². The van der Waals surface area contributed by atoms with Gasteiger partial charge in [0, 0.05) is 27.8 Å². The van der Waals surface area contributed by atoms with E-state index in [-0.39, 0.29) is 11.5 Å². The number of aliphatic hydroxyl groups is 1. The van der Waals surface area contributed by atoms with Crippen molar-refractivity contribution in [2.75, 3.05) is 0 Å². The Kier molecular flexibility index (Phi) is 4.09. The number of benzene rings is 1. The molecule has 0 aliphatic rings. The van der Waals surface area contributed by atoms with Gasteiger partial charge in [-0.05, 0) is 30.3 Å². The first kappa shape index (κ1) is 13.2. The van der Waals surface area contributed by atoms with Crippen LogP contribution in [0.2, 0.25) is 0 Å². The van der Waals surface area contributed by atoms with Crippen molar-refractivity contribution in [1.82, 2.24) is 4.98 Å². The van der Waals surface area contributed by atoms with E-state index in [4.69, 9.17) is 0 Å². The Morgan fingerprint density at radius 3 is 2.72 bits per heavy atom. The maximum atomic E-state index is 13.7. The zero-order valence-corrected chi connectivity index (χ0v) is 11.4. The molecular weight excluding hydrogens is 297 g/mol. The SMILES string of the molecule is CC(c1ccccn1)C(O)c1cc(Br)ccc1F. The topological polar surface area (TPSA) is 33.1 Å². The normalized spacial score (nSPS) is 14.2. The molecule has 0 saturated carbocycles. The summed E-state index contributed by atoms with van der Waals surface area (Å²) in [5, 5.41) is 10.2. The molecule has 0 radical (unpaired) electrons. The van der Waals surface area contributed by atoms with E-state index in [1.807, 2.05) is 25.1 Å². The number of aliphatic hydroxyl groups excluding tert-OH is 1. The first-order valence-corrected chi connectivity index (χ1v) is 6.43. The molecular formula is C14H13BrFNO. The summed E-state index contributed by atoms with van der Waals surface area (Å²) in [5.41, 5.74) is 1.02. The number of aromatic nitrogens is 1. The predicted octanol–water partition coefficient (Wildman–Crippen LogP) is 3.82. The molecule has 4 heteroatoms. The fourth-order valence-corrected chi connectivity index (χ4v) is 2.20. The minimum absolute atomic E-state index is 0.269. The third-order valence-corrected chi connectivity index (χ3v) is 3.40. The van der Waals surface area contributed by atoms with Gasteiger partial charge in [-0.3, -0.25) is 4.98 Å². The lowest BCUT2D eigenvalue weighted by molar-refractivity contribution is 0.145. The van der Waals surface area contributed by atoms with Gasteiger partial charge in [-0.25, -0.2) is 4.39 Å². The molecule has 2 rings (SSSR count). The Bertz CT molecular complexity index is 533. The van der Waals surface area contributed by atoms with Crippen molar-refractivity contribution in [3.8, 4) is 0 Å². The van der Waals surface area contributed by atoms with Crippen LogP contribution in [0.5, 0.6) is 0 Å². The lowest BCUT2D eigenvalue weighted by atomic mass is 9.94. The van der Waals surface area contributed by atoms with Crippen LogP contribution in [0, 0.1) is 5.82 Å². The Labute approximate surface area is 114 Å². The number of halogens is 2. The molecule has 1 aromatic carbocycles. The van der Waals surface area contributed by atoms with E-state index in [2.05, 4.69) is 20.9 Å². The lowest BCUT2D eigenvalue weighted by Gasteiger charge is -2.19. The highest BCUT2D eigenvalue weighted by Crippen LogP contribution is 2.32. The highest BCUT2D eigenvalue weighted by molar-refractivity contribution is 9.10. The summed E-state index contributed by atoms with van der Waals surface area (Å²) in [7, 11) is 0. The van der Waals surface area contributed by atoms with Crippen LogP contribution in [0.1, 0.15) is 30.2 Å². The van der Waals surface area contributed by atoms with E-state index in [1.54, 1.807) is 18.3 Å². The molecule has 0 saturated heterocycles. The highest BCUT2D eigenvalue weighted by atomic mass is 79.9. The van der Waals surface area contributed by atoms with Gasteiger partial charge < -0.3 is 5.11 Å². The molecule has 1 N–H and O–H groups in total. The molecule has 0 bridgehead atoms. The van der Waals surface area contributed by atoms with Gasteiger partial charge in [0.1, 0.15) is 5.82 Å². The first-order valence-electron chi connectivity index (χ1n) is 5.63. The van der Waals surface area contributed by atoms with E-state index in [1.165, 1.54) is 6.07 Å². The summed E-state index contributed by atoms with van der Waals surface area (Å²) in [4.78, 5) is 4.18. The van der Waals surface area contributed by atoms with E-state index in [0.717, 1.165) is 10.2 Å². The summed E-state index contributed by atoms with van der Waals surface area (Å²) >= 11 is 3.28. The Hall–Kier alpha value is -1.26. The highest BCUT2D eigenvalue weighted by Gasteiger charge is 2.22. The molecule has 0 amide bonds. The van der Waals surface area contributed by atoms with Crippen LogP contribution in [0.4, 0.5) is 4.39 Å². The van der Waals surface area contributed by atoms with Crippen molar-refractivity contribution >= 4 is 15.9 Å². The molecule has 2 atom stereocenters. The average Bonchev–Trinajstić information content (AvgIpc) is 2.41. The van der Waals surface area contributed by atoms with Crippen molar-refractivity contribution in [2.45, 2.75) is 18.9 Å². The Balaban J connectivity index is 2.31. The van der Waals surface area contributed by atoms with Crippen molar-refractivity contribution in [1.29, 1.82) is 0 Å². The summed E-state index contributed by atoms with van der Waals surface area (Å²) < 4.78 is 14.4. The van der Waals surface area contributed by atoms with Crippen LogP contribution >= 0.6 is 15.9 Å². The number of rotatable bonds is 3. The molecule has 18 heavy (non-hydrogen) atoms. The zero-order chi connectivity index (χ0) is 13.1. The fraction of sp³-hybridized carbons (Fsp3) is 0.214. The molecule has 1 aromatic heterocycles. The van der Waals surface area contributed by atoms with Crippen LogP contribution < -0.4 is 0 Å². The third-order valence-electron chi connectivity index (χ3n) is 2.90. The standard InChI is InChI=1S/C14H13BrFNO/c1-9(13-4-2-3-7-17-13)14(18)11-8-10(15)5-6-12(11)16/h2-9,14,18H,1H3. The maximum Gasteiger partial charge on any atom is 0.129 e. The molecule has 1 heterocycles. The summed E-state index contributed by atoms with van der Waals surface area (Å²) in [6.45, 7) is 1.83. The summed E-state index contributed by atoms with van der Waals surface area (Å²) in [5.74, 6) is -0.677. The second-order valence-corrected chi connectivity index (χ2v) is 5.07. The Morgan fingerprint density at radius 2 is 2.06 bits per heavy atom. The second kappa shape index (κ2) is 5.59.